The highest BCUT2D eigenvalue weighted by Crippen LogP contribution is 2.46. The maximum absolute atomic E-state index is 11.6. The lowest BCUT2D eigenvalue weighted by Gasteiger charge is -2.53. The fraction of sp³-hybridized carbons (Fsp3) is 0.917. The number of fused-ring (bicyclic) bond motifs is 3. The number of hydrogen-bond donors (Lipinski definition) is 2. The Bertz CT molecular complexity index is 269. The number of methoxy groups -OCH3 is 1. The van der Waals surface area contributed by atoms with Gasteiger partial charge in [-0.3, -0.25) is 4.79 Å². The number of carbonyl (C=O) groups is 1. The number of hydrogen-bond acceptors (Lipinski definition) is 4. The van der Waals surface area contributed by atoms with Gasteiger partial charge in [-0.25, -0.2) is 0 Å². The molecule has 2 bridgehead atoms. The van der Waals surface area contributed by atoms with Crippen LogP contribution in [-0.2, 0) is 14.4 Å². The Morgan fingerprint density at radius 3 is 2.06 bits per heavy atom. The quantitative estimate of drug-likeness (QED) is 0.698. The molecule has 1 amide bonds. The molecule has 0 spiro atoms. The van der Waals surface area contributed by atoms with E-state index >= 15 is 0 Å². The second-order valence-electron chi connectivity index (χ2n) is 5.35. The van der Waals surface area contributed by atoms with Crippen molar-refractivity contribution in [1.29, 1.82) is 0 Å². The third kappa shape index (κ3) is 2.61. The molecule has 5 nitrogen and oxygen atoms in total. The molecule has 0 atom stereocenters. The fourth-order valence-corrected chi connectivity index (χ4v) is 3.21. The molecule has 3 aliphatic rings. The van der Waals surface area contributed by atoms with Crippen molar-refractivity contribution in [3.8, 4) is 0 Å². The third-order valence-corrected chi connectivity index (χ3v) is 4.24. The van der Waals surface area contributed by atoms with E-state index in [2.05, 4.69) is 10.8 Å². The van der Waals surface area contributed by atoms with E-state index in [0.717, 1.165) is 38.5 Å². The molecular weight excluding hydrogens is 220 g/mol. The van der Waals surface area contributed by atoms with Crippen LogP contribution in [0.1, 0.15) is 38.5 Å². The minimum Gasteiger partial charge on any atom is -0.375 e. The molecule has 2 N–H and O–H groups in total. The van der Waals surface area contributed by atoms with Gasteiger partial charge in [0.05, 0.1) is 7.11 Å². The maximum Gasteiger partial charge on any atom is 0.246 e. The van der Waals surface area contributed by atoms with Crippen LogP contribution in [-0.4, -0.2) is 37.8 Å². The lowest BCUT2D eigenvalue weighted by molar-refractivity contribution is -0.129. The molecule has 5 heteroatoms. The molecule has 0 aromatic heterocycles. The van der Waals surface area contributed by atoms with Crippen molar-refractivity contribution in [2.75, 3.05) is 20.8 Å². The van der Waals surface area contributed by atoms with Crippen molar-refractivity contribution in [3.05, 3.63) is 0 Å². The molecule has 3 saturated carbocycles. The summed E-state index contributed by atoms with van der Waals surface area (Å²) in [5.74, 6) is 0.00148. The molecule has 0 radical (unpaired) electrons. The van der Waals surface area contributed by atoms with Crippen LogP contribution >= 0.6 is 0 Å². The largest absolute Gasteiger partial charge is 0.375 e. The topological polar surface area (TPSA) is 59.6 Å². The zero-order chi connectivity index (χ0) is 12.4. The summed E-state index contributed by atoms with van der Waals surface area (Å²) in [6, 6.07) is 0. The Morgan fingerprint density at radius 1 is 1.06 bits per heavy atom. The van der Waals surface area contributed by atoms with Gasteiger partial charge in [0.25, 0.3) is 0 Å². The monoisotopic (exact) mass is 242 g/mol. The lowest BCUT2D eigenvalue weighted by atomic mass is 9.62. The van der Waals surface area contributed by atoms with E-state index in [-0.39, 0.29) is 23.6 Å². The van der Waals surface area contributed by atoms with Crippen LogP contribution in [0.15, 0.2) is 0 Å². The van der Waals surface area contributed by atoms with Gasteiger partial charge in [-0.2, -0.15) is 5.48 Å². The van der Waals surface area contributed by atoms with Gasteiger partial charge in [0.1, 0.15) is 6.61 Å². The van der Waals surface area contributed by atoms with Crippen molar-refractivity contribution < 1.29 is 14.4 Å². The van der Waals surface area contributed by atoms with Gasteiger partial charge in [0.2, 0.25) is 5.91 Å². The van der Waals surface area contributed by atoms with Gasteiger partial charge in [-0.05, 0) is 38.5 Å². The van der Waals surface area contributed by atoms with Gasteiger partial charge in [-0.1, -0.05) is 0 Å². The first-order chi connectivity index (χ1) is 8.14. The summed E-state index contributed by atoms with van der Waals surface area (Å²) in [5, 5.41) is 3.15. The second kappa shape index (κ2) is 4.92. The van der Waals surface area contributed by atoms with Crippen LogP contribution in [0.25, 0.3) is 0 Å². The van der Waals surface area contributed by atoms with Crippen molar-refractivity contribution in [3.63, 3.8) is 0 Å². The van der Waals surface area contributed by atoms with E-state index in [1.807, 2.05) is 0 Å². The molecule has 0 aromatic rings. The van der Waals surface area contributed by atoms with Gasteiger partial charge >= 0.3 is 0 Å². The van der Waals surface area contributed by atoms with Gasteiger partial charge in [0.15, 0.2) is 0 Å². The molecular formula is C12H22N2O3. The highest BCUT2D eigenvalue weighted by Gasteiger charge is 2.49. The molecule has 0 aliphatic heterocycles. The Balaban J connectivity index is 1.92. The van der Waals surface area contributed by atoms with E-state index in [4.69, 9.17) is 9.57 Å². The standard InChI is InChI=1S/C12H22N2O3/c1-16-9-10(15)13-11-3-6-12(7-4-11,8-5-11)14-17-2/h14H,3-9H2,1-2H3,(H,13,15). The van der Waals surface area contributed by atoms with E-state index in [0.29, 0.717) is 0 Å². The van der Waals surface area contributed by atoms with Crippen LogP contribution in [0, 0.1) is 0 Å². The van der Waals surface area contributed by atoms with E-state index in [9.17, 15) is 4.79 Å². The maximum atomic E-state index is 11.6. The summed E-state index contributed by atoms with van der Waals surface area (Å²) in [7, 11) is 3.22. The SMILES string of the molecule is COCC(=O)NC12CCC(NOC)(CC1)CC2. The fourth-order valence-electron chi connectivity index (χ4n) is 3.21. The minimum absolute atomic E-state index is 0.00148. The molecule has 17 heavy (non-hydrogen) atoms. The first kappa shape index (κ1) is 12.8. The number of nitrogens with one attached hydrogen (secondary N) is 2. The van der Waals surface area contributed by atoms with Gasteiger partial charge < -0.3 is 14.9 Å². The number of rotatable bonds is 5. The predicted molar refractivity (Wildman–Crippen MR) is 63.3 cm³/mol. The summed E-state index contributed by atoms with van der Waals surface area (Å²) < 4.78 is 4.86. The molecule has 98 valence electrons. The summed E-state index contributed by atoms with van der Waals surface area (Å²) in [4.78, 5) is 16.7. The van der Waals surface area contributed by atoms with Crippen molar-refractivity contribution in [1.82, 2.24) is 10.8 Å². The highest BCUT2D eigenvalue weighted by atomic mass is 16.6. The summed E-state index contributed by atoms with van der Waals surface area (Å²) in [6.07, 6.45) is 6.27. The first-order valence-electron chi connectivity index (χ1n) is 6.24. The third-order valence-electron chi connectivity index (χ3n) is 4.24. The zero-order valence-electron chi connectivity index (χ0n) is 10.7. The molecule has 3 rings (SSSR count). The highest BCUT2D eigenvalue weighted by molar-refractivity contribution is 5.78. The lowest BCUT2D eigenvalue weighted by Crippen LogP contribution is -2.63. The van der Waals surface area contributed by atoms with Crippen LogP contribution in [0.2, 0.25) is 0 Å². The Kier molecular flexibility index (Phi) is 3.70. The number of carbonyl (C=O) groups excluding carboxylic acids is 1. The molecule has 0 unspecified atom stereocenters. The molecule has 3 fully saturated rings. The normalized spacial score (nSPS) is 35.9. The number of ether oxygens (including phenoxy) is 1. The predicted octanol–water partition coefficient (Wildman–Crippen LogP) is 0.745. The van der Waals surface area contributed by atoms with E-state index in [1.165, 1.54) is 0 Å². The van der Waals surface area contributed by atoms with Crippen molar-refractivity contribution in [2.45, 2.75) is 49.6 Å². The van der Waals surface area contributed by atoms with Crippen LogP contribution in [0.5, 0.6) is 0 Å². The first-order valence-corrected chi connectivity index (χ1v) is 6.24. The van der Waals surface area contributed by atoms with Crippen LogP contribution in [0.3, 0.4) is 0 Å². The number of amides is 1. The molecule has 0 aromatic carbocycles. The average molecular weight is 242 g/mol. The smallest absolute Gasteiger partial charge is 0.246 e. The Hall–Kier alpha value is -0.650. The Morgan fingerprint density at radius 2 is 1.59 bits per heavy atom. The Labute approximate surface area is 102 Å². The van der Waals surface area contributed by atoms with Crippen LogP contribution in [0.4, 0.5) is 0 Å². The van der Waals surface area contributed by atoms with Crippen LogP contribution < -0.4 is 10.8 Å². The molecule has 0 saturated heterocycles. The average Bonchev–Trinajstić information content (AvgIpc) is 2.32. The summed E-state index contributed by atoms with van der Waals surface area (Å²) in [5.41, 5.74) is 3.29. The van der Waals surface area contributed by atoms with Crippen molar-refractivity contribution in [2.24, 2.45) is 0 Å². The molecule has 0 heterocycles. The van der Waals surface area contributed by atoms with Gasteiger partial charge in [-0.15, -0.1) is 0 Å². The van der Waals surface area contributed by atoms with E-state index in [1.54, 1.807) is 14.2 Å². The van der Waals surface area contributed by atoms with Gasteiger partial charge in [0, 0.05) is 18.2 Å². The van der Waals surface area contributed by atoms with Crippen molar-refractivity contribution >= 4 is 5.91 Å². The summed E-state index contributed by atoms with van der Waals surface area (Å²) >= 11 is 0. The summed E-state index contributed by atoms with van der Waals surface area (Å²) in [6.45, 7) is 0.156. The van der Waals surface area contributed by atoms with E-state index < -0.39 is 0 Å². The number of hydroxylamine groups is 1. The zero-order valence-corrected chi connectivity index (χ0v) is 10.7. The minimum atomic E-state index is 0.00148. The molecule has 3 aliphatic carbocycles. The second-order valence-corrected chi connectivity index (χ2v) is 5.35.